The van der Waals surface area contributed by atoms with Crippen LogP contribution in [-0.2, 0) is 9.53 Å². The number of rotatable bonds is 5. The Hall–Kier alpha value is -0.530. The second kappa shape index (κ2) is 5.46. The van der Waals surface area contributed by atoms with Crippen molar-refractivity contribution in [1.82, 2.24) is 0 Å². The Kier molecular flexibility index (Phi) is 4.75. The lowest BCUT2D eigenvalue weighted by Crippen LogP contribution is -2.50. The summed E-state index contributed by atoms with van der Waals surface area (Å²) in [6.45, 7) is 15.0. The fraction of sp³-hybridized carbons (Fsp3) is 0.941. The molecule has 2 heteroatoms. The van der Waals surface area contributed by atoms with Crippen LogP contribution in [0.25, 0.3) is 0 Å². The summed E-state index contributed by atoms with van der Waals surface area (Å²) >= 11 is 0. The first kappa shape index (κ1) is 16.5. The predicted octanol–water partition coefficient (Wildman–Crippen LogP) is 4.96. The van der Waals surface area contributed by atoms with Gasteiger partial charge in [0.2, 0.25) is 0 Å². The Labute approximate surface area is 119 Å². The second-order valence-corrected chi connectivity index (χ2v) is 7.70. The summed E-state index contributed by atoms with van der Waals surface area (Å²) in [5.74, 6) is 0.480. The zero-order valence-corrected chi connectivity index (χ0v) is 13.9. The van der Waals surface area contributed by atoms with Gasteiger partial charge in [0.15, 0.2) is 0 Å². The fourth-order valence-electron chi connectivity index (χ4n) is 2.81. The molecule has 0 aromatic rings. The number of esters is 1. The first-order chi connectivity index (χ1) is 8.59. The molecule has 0 heterocycles. The van der Waals surface area contributed by atoms with Crippen LogP contribution in [0.2, 0.25) is 0 Å². The van der Waals surface area contributed by atoms with Gasteiger partial charge in [-0.25, -0.2) is 0 Å². The van der Waals surface area contributed by atoms with E-state index in [0.717, 1.165) is 19.3 Å². The molecule has 0 amide bonds. The number of carbonyl (C=O) groups is 1. The Morgan fingerprint density at radius 2 is 1.63 bits per heavy atom. The molecule has 2 nitrogen and oxygen atoms in total. The predicted molar refractivity (Wildman–Crippen MR) is 80.0 cm³/mol. The molecule has 1 aliphatic rings. The molecule has 0 atom stereocenters. The van der Waals surface area contributed by atoms with Gasteiger partial charge in [0.05, 0.1) is 5.41 Å². The van der Waals surface area contributed by atoms with Crippen LogP contribution in [0.15, 0.2) is 0 Å². The average Bonchev–Trinajstić information content (AvgIpc) is 2.78. The van der Waals surface area contributed by atoms with Crippen molar-refractivity contribution in [2.45, 2.75) is 86.2 Å². The fourth-order valence-corrected chi connectivity index (χ4v) is 2.81. The van der Waals surface area contributed by atoms with E-state index < -0.39 is 0 Å². The van der Waals surface area contributed by atoms with E-state index in [1.807, 2.05) is 13.8 Å². The van der Waals surface area contributed by atoms with E-state index in [1.165, 1.54) is 12.8 Å². The molecule has 0 aliphatic heterocycles. The quantitative estimate of drug-likeness (QED) is 0.659. The van der Waals surface area contributed by atoms with Gasteiger partial charge in [0, 0.05) is 5.41 Å². The van der Waals surface area contributed by atoms with Gasteiger partial charge in [0.1, 0.15) is 5.60 Å². The smallest absolute Gasteiger partial charge is 0.312 e. The van der Waals surface area contributed by atoms with E-state index in [0.29, 0.717) is 5.92 Å². The van der Waals surface area contributed by atoms with Crippen LogP contribution in [0.3, 0.4) is 0 Å². The summed E-state index contributed by atoms with van der Waals surface area (Å²) in [7, 11) is 0. The summed E-state index contributed by atoms with van der Waals surface area (Å²) in [4.78, 5) is 12.5. The summed E-state index contributed by atoms with van der Waals surface area (Å²) < 4.78 is 6.14. The Morgan fingerprint density at radius 1 is 1.16 bits per heavy atom. The molecule has 19 heavy (non-hydrogen) atoms. The highest BCUT2D eigenvalue weighted by Gasteiger charge is 2.52. The largest absolute Gasteiger partial charge is 0.458 e. The van der Waals surface area contributed by atoms with Gasteiger partial charge in [-0.15, -0.1) is 0 Å². The van der Waals surface area contributed by atoms with Crippen molar-refractivity contribution in [3.63, 3.8) is 0 Å². The molecule has 0 aromatic carbocycles. The van der Waals surface area contributed by atoms with Crippen molar-refractivity contribution in [2.75, 3.05) is 0 Å². The second-order valence-electron chi connectivity index (χ2n) is 7.70. The van der Waals surface area contributed by atoms with Crippen LogP contribution in [0.4, 0.5) is 0 Å². The average molecular weight is 268 g/mol. The van der Waals surface area contributed by atoms with Crippen LogP contribution < -0.4 is 0 Å². The van der Waals surface area contributed by atoms with Crippen LogP contribution in [0, 0.1) is 16.7 Å². The third-order valence-corrected chi connectivity index (χ3v) is 5.75. The molecular formula is C17H32O2. The molecule has 0 N–H and O–H groups in total. The van der Waals surface area contributed by atoms with Crippen LogP contribution in [0.5, 0.6) is 0 Å². The molecule has 0 unspecified atom stereocenters. The maximum Gasteiger partial charge on any atom is 0.312 e. The van der Waals surface area contributed by atoms with E-state index >= 15 is 0 Å². The molecule has 0 radical (unpaired) electrons. The van der Waals surface area contributed by atoms with E-state index in [4.69, 9.17) is 4.74 Å². The van der Waals surface area contributed by atoms with Crippen LogP contribution >= 0.6 is 0 Å². The molecule has 0 spiro atoms. The number of hydrogen-bond donors (Lipinski definition) is 0. The Bertz CT molecular complexity index is 320. The standard InChI is InChI=1S/C17H32O2/c1-8-15(4,5)14(18)19-17(11-9-10-12-17)16(6,7)13(2)3/h13H,8-12H2,1-7H3. The van der Waals surface area contributed by atoms with Crippen molar-refractivity contribution in [3.05, 3.63) is 0 Å². The lowest BCUT2D eigenvalue weighted by Gasteiger charge is -2.47. The maximum absolute atomic E-state index is 12.5. The maximum atomic E-state index is 12.5. The van der Waals surface area contributed by atoms with Crippen molar-refractivity contribution >= 4 is 5.97 Å². The topological polar surface area (TPSA) is 26.3 Å². The van der Waals surface area contributed by atoms with Gasteiger partial charge in [-0.05, 0) is 51.9 Å². The summed E-state index contributed by atoms with van der Waals surface area (Å²) in [5, 5.41) is 0. The van der Waals surface area contributed by atoms with Gasteiger partial charge < -0.3 is 4.74 Å². The molecule has 0 bridgehead atoms. The van der Waals surface area contributed by atoms with E-state index in [9.17, 15) is 4.79 Å². The minimum atomic E-state index is -0.372. The summed E-state index contributed by atoms with van der Waals surface area (Å²) in [5.41, 5.74) is -0.601. The van der Waals surface area contributed by atoms with Gasteiger partial charge in [-0.3, -0.25) is 4.79 Å². The molecule has 1 aliphatic carbocycles. The zero-order valence-electron chi connectivity index (χ0n) is 13.9. The SMILES string of the molecule is CCC(C)(C)C(=O)OC1(C(C)(C)C(C)C)CCCC1. The number of ether oxygens (including phenoxy) is 1. The van der Waals surface area contributed by atoms with Gasteiger partial charge >= 0.3 is 5.97 Å². The minimum Gasteiger partial charge on any atom is -0.458 e. The third-order valence-electron chi connectivity index (χ3n) is 5.75. The molecule has 112 valence electrons. The van der Waals surface area contributed by atoms with E-state index in [2.05, 4.69) is 34.6 Å². The van der Waals surface area contributed by atoms with Crippen molar-refractivity contribution < 1.29 is 9.53 Å². The first-order valence-corrected chi connectivity index (χ1v) is 7.82. The first-order valence-electron chi connectivity index (χ1n) is 7.82. The van der Waals surface area contributed by atoms with Crippen molar-refractivity contribution in [3.8, 4) is 0 Å². The Balaban J connectivity index is 3.00. The van der Waals surface area contributed by atoms with Crippen LogP contribution in [0.1, 0.15) is 80.6 Å². The third kappa shape index (κ3) is 2.98. The summed E-state index contributed by atoms with van der Waals surface area (Å²) in [6.07, 6.45) is 5.21. The number of carbonyl (C=O) groups excluding carboxylic acids is 1. The molecule has 1 fully saturated rings. The highest BCUT2D eigenvalue weighted by Crippen LogP contribution is 2.51. The number of hydrogen-bond acceptors (Lipinski definition) is 2. The van der Waals surface area contributed by atoms with Gasteiger partial charge in [-0.2, -0.15) is 0 Å². The molecular weight excluding hydrogens is 236 g/mol. The molecule has 1 saturated carbocycles. The van der Waals surface area contributed by atoms with Gasteiger partial charge in [-0.1, -0.05) is 34.6 Å². The lowest BCUT2D eigenvalue weighted by molar-refractivity contribution is -0.189. The molecule has 0 saturated heterocycles. The summed E-state index contributed by atoms with van der Waals surface area (Å²) in [6, 6.07) is 0. The monoisotopic (exact) mass is 268 g/mol. The van der Waals surface area contributed by atoms with Gasteiger partial charge in [0.25, 0.3) is 0 Å². The highest BCUT2D eigenvalue weighted by molar-refractivity contribution is 5.76. The Morgan fingerprint density at radius 3 is 2.00 bits per heavy atom. The van der Waals surface area contributed by atoms with E-state index in [-0.39, 0.29) is 22.4 Å². The zero-order chi connectivity index (χ0) is 14.9. The van der Waals surface area contributed by atoms with Crippen molar-refractivity contribution in [2.24, 2.45) is 16.7 Å². The minimum absolute atomic E-state index is 0.0226. The van der Waals surface area contributed by atoms with E-state index in [1.54, 1.807) is 0 Å². The van der Waals surface area contributed by atoms with Crippen molar-refractivity contribution in [1.29, 1.82) is 0 Å². The van der Waals surface area contributed by atoms with Crippen LogP contribution in [-0.4, -0.2) is 11.6 Å². The normalized spacial score (nSPS) is 19.8. The lowest BCUT2D eigenvalue weighted by atomic mass is 9.66. The molecule has 0 aromatic heterocycles. The molecule has 1 rings (SSSR count). The highest BCUT2D eigenvalue weighted by atomic mass is 16.6.